The molecule has 0 bridgehead atoms. The standard InChI is InChI=1S/C19H12F3O2/c20-19(21,22)24-16-12-10-14(11-13-16)17-8-4-5-9-18(17)23-15-6-2-1-3-7-15/h1-7,9-13H. The molecule has 0 heterocycles. The van der Waals surface area contributed by atoms with E-state index in [0.29, 0.717) is 22.6 Å². The molecule has 0 aliphatic rings. The zero-order valence-corrected chi connectivity index (χ0v) is 12.4. The first-order chi connectivity index (χ1) is 11.5. The molecule has 0 unspecified atom stereocenters. The van der Waals surface area contributed by atoms with Crippen LogP contribution in [-0.2, 0) is 0 Å². The number of hydrogen-bond acceptors (Lipinski definition) is 2. The van der Waals surface area contributed by atoms with E-state index in [0.717, 1.165) is 0 Å². The van der Waals surface area contributed by atoms with E-state index < -0.39 is 6.36 Å². The van der Waals surface area contributed by atoms with Gasteiger partial charge in [0, 0.05) is 5.56 Å². The van der Waals surface area contributed by atoms with Gasteiger partial charge in [-0.1, -0.05) is 42.5 Å². The molecular formula is C19H12F3O2. The predicted octanol–water partition coefficient (Wildman–Crippen LogP) is 5.84. The summed E-state index contributed by atoms with van der Waals surface area (Å²) in [6, 6.07) is 23.1. The van der Waals surface area contributed by atoms with Crippen molar-refractivity contribution in [1.29, 1.82) is 0 Å². The third kappa shape index (κ3) is 4.07. The number of alkyl halides is 3. The SMILES string of the molecule is FC(F)(F)Oc1ccc(-c2[c]cccc2Oc2ccccc2)cc1. The van der Waals surface area contributed by atoms with Gasteiger partial charge in [-0.2, -0.15) is 0 Å². The number of para-hydroxylation sites is 1. The maximum Gasteiger partial charge on any atom is 0.573 e. The Balaban J connectivity index is 1.87. The summed E-state index contributed by atoms with van der Waals surface area (Å²) >= 11 is 0. The van der Waals surface area contributed by atoms with E-state index in [-0.39, 0.29) is 5.75 Å². The van der Waals surface area contributed by atoms with Crippen molar-refractivity contribution in [2.45, 2.75) is 6.36 Å². The van der Waals surface area contributed by atoms with Crippen LogP contribution in [0.2, 0.25) is 0 Å². The van der Waals surface area contributed by atoms with E-state index in [9.17, 15) is 13.2 Å². The van der Waals surface area contributed by atoms with Gasteiger partial charge in [0.15, 0.2) is 0 Å². The first-order valence-corrected chi connectivity index (χ1v) is 7.11. The van der Waals surface area contributed by atoms with E-state index in [2.05, 4.69) is 10.8 Å². The molecule has 121 valence electrons. The van der Waals surface area contributed by atoms with Gasteiger partial charge >= 0.3 is 6.36 Å². The Labute approximate surface area is 137 Å². The molecule has 0 spiro atoms. The molecule has 0 amide bonds. The highest BCUT2D eigenvalue weighted by molar-refractivity contribution is 5.70. The summed E-state index contributed by atoms with van der Waals surface area (Å²) in [4.78, 5) is 0. The van der Waals surface area contributed by atoms with Crippen LogP contribution in [0, 0.1) is 6.07 Å². The van der Waals surface area contributed by atoms with Crippen LogP contribution in [0.25, 0.3) is 11.1 Å². The largest absolute Gasteiger partial charge is 0.573 e. The molecule has 24 heavy (non-hydrogen) atoms. The predicted molar refractivity (Wildman–Crippen MR) is 83.9 cm³/mol. The number of hydrogen-bond donors (Lipinski definition) is 0. The topological polar surface area (TPSA) is 18.5 Å². The molecule has 0 aromatic heterocycles. The Morgan fingerprint density at radius 1 is 0.750 bits per heavy atom. The van der Waals surface area contributed by atoms with Crippen molar-refractivity contribution in [2.75, 3.05) is 0 Å². The maximum atomic E-state index is 12.2. The van der Waals surface area contributed by atoms with Gasteiger partial charge in [-0.05, 0) is 42.0 Å². The van der Waals surface area contributed by atoms with E-state index in [1.165, 1.54) is 24.3 Å². The normalized spacial score (nSPS) is 11.1. The van der Waals surface area contributed by atoms with Crippen molar-refractivity contribution < 1.29 is 22.6 Å². The third-order valence-corrected chi connectivity index (χ3v) is 3.17. The minimum absolute atomic E-state index is 0.271. The van der Waals surface area contributed by atoms with Gasteiger partial charge in [-0.15, -0.1) is 13.2 Å². The molecular weight excluding hydrogens is 317 g/mol. The van der Waals surface area contributed by atoms with Crippen molar-refractivity contribution in [3.05, 3.63) is 78.9 Å². The Morgan fingerprint density at radius 2 is 1.46 bits per heavy atom. The van der Waals surface area contributed by atoms with Gasteiger partial charge in [0.25, 0.3) is 0 Å². The second kappa shape index (κ2) is 6.66. The van der Waals surface area contributed by atoms with Crippen LogP contribution in [0.3, 0.4) is 0 Å². The lowest BCUT2D eigenvalue weighted by Gasteiger charge is -2.12. The van der Waals surface area contributed by atoms with E-state index >= 15 is 0 Å². The average molecular weight is 329 g/mol. The monoisotopic (exact) mass is 329 g/mol. The highest BCUT2D eigenvalue weighted by Gasteiger charge is 2.31. The van der Waals surface area contributed by atoms with Gasteiger partial charge < -0.3 is 9.47 Å². The van der Waals surface area contributed by atoms with Crippen LogP contribution in [0.1, 0.15) is 0 Å². The fraction of sp³-hybridized carbons (Fsp3) is 0.0526. The van der Waals surface area contributed by atoms with Crippen LogP contribution >= 0.6 is 0 Å². The van der Waals surface area contributed by atoms with Gasteiger partial charge in [-0.25, -0.2) is 0 Å². The number of benzene rings is 3. The Bertz CT molecular complexity index is 797. The van der Waals surface area contributed by atoms with Crippen LogP contribution in [-0.4, -0.2) is 6.36 Å². The molecule has 0 N–H and O–H groups in total. The van der Waals surface area contributed by atoms with Crippen LogP contribution in [0.15, 0.2) is 72.8 Å². The fourth-order valence-corrected chi connectivity index (χ4v) is 2.17. The molecule has 0 saturated heterocycles. The Morgan fingerprint density at radius 3 is 2.12 bits per heavy atom. The quantitative estimate of drug-likeness (QED) is 0.598. The Kier molecular flexibility index (Phi) is 4.42. The highest BCUT2D eigenvalue weighted by atomic mass is 19.4. The van der Waals surface area contributed by atoms with Gasteiger partial charge in [-0.3, -0.25) is 0 Å². The minimum Gasteiger partial charge on any atom is -0.457 e. The number of ether oxygens (including phenoxy) is 2. The zero-order chi connectivity index (χ0) is 17.0. The number of rotatable bonds is 4. The summed E-state index contributed by atoms with van der Waals surface area (Å²) in [6.45, 7) is 0. The average Bonchev–Trinajstić information content (AvgIpc) is 2.56. The first-order valence-electron chi connectivity index (χ1n) is 7.11. The van der Waals surface area contributed by atoms with Gasteiger partial charge in [0.2, 0.25) is 0 Å². The summed E-state index contributed by atoms with van der Waals surface area (Å²) in [5.41, 5.74) is 1.33. The molecule has 0 aliphatic heterocycles. The van der Waals surface area contributed by atoms with Crippen molar-refractivity contribution in [1.82, 2.24) is 0 Å². The number of halogens is 3. The molecule has 3 aromatic carbocycles. The van der Waals surface area contributed by atoms with Gasteiger partial charge in [0.05, 0.1) is 0 Å². The Hall–Kier alpha value is -2.95. The van der Waals surface area contributed by atoms with E-state index in [4.69, 9.17) is 4.74 Å². The summed E-state index contributed by atoms with van der Waals surface area (Å²) in [5.74, 6) is 0.955. The van der Waals surface area contributed by atoms with Crippen LogP contribution < -0.4 is 9.47 Å². The second-order valence-electron chi connectivity index (χ2n) is 4.90. The molecule has 2 nitrogen and oxygen atoms in total. The molecule has 1 radical (unpaired) electrons. The molecule has 3 aromatic rings. The lowest BCUT2D eigenvalue weighted by atomic mass is 10.0. The summed E-state index contributed by atoms with van der Waals surface area (Å²) in [6.07, 6.45) is -4.71. The van der Waals surface area contributed by atoms with E-state index in [1.807, 2.05) is 30.3 Å². The lowest BCUT2D eigenvalue weighted by Crippen LogP contribution is -2.16. The van der Waals surface area contributed by atoms with Crippen molar-refractivity contribution in [2.24, 2.45) is 0 Å². The molecule has 5 heteroatoms. The zero-order valence-electron chi connectivity index (χ0n) is 12.4. The summed E-state index contributed by atoms with van der Waals surface area (Å²) < 4.78 is 46.4. The van der Waals surface area contributed by atoms with E-state index in [1.54, 1.807) is 18.2 Å². The molecule has 0 saturated carbocycles. The van der Waals surface area contributed by atoms with Crippen LogP contribution in [0.4, 0.5) is 13.2 Å². The lowest BCUT2D eigenvalue weighted by molar-refractivity contribution is -0.274. The smallest absolute Gasteiger partial charge is 0.457 e. The summed E-state index contributed by atoms with van der Waals surface area (Å²) in [7, 11) is 0. The van der Waals surface area contributed by atoms with Crippen molar-refractivity contribution in [3.8, 4) is 28.4 Å². The second-order valence-corrected chi connectivity index (χ2v) is 4.90. The van der Waals surface area contributed by atoms with Gasteiger partial charge in [0.1, 0.15) is 17.2 Å². The van der Waals surface area contributed by atoms with Crippen molar-refractivity contribution in [3.63, 3.8) is 0 Å². The third-order valence-electron chi connectivity index (χ3n) is 3.17. The molecule has 0 atom stereocenters. The molecule has 3 rings (SSSR count). The summed E-state index contributed by atoms with van der Waals surface area (Å²) in [5, 5.41) is 0. The maximum absolute atomic E-state index is 12.2. The minimum atomic E-state index is -4.71. The van der Waals surface area contributed by atoms with Crippen LogP contribution in [0.5, 0.6) is 17.2 Å². The van der Waals surface area contributed by atoms with Crippen molar-refractivity contribution >= 4 is 0 Å². The first kappa shape index (κ1) is 15.9. The molecule has 0 fully saturated rings. The highest BCUT2D eigenvalue weighted by Crippen LogP contribution is 2.34. The fourth-order valence-electron chi connectivity index (χ4n) is 2.17. The molecule has 0 aliphatic carbocycles.